The van der Waals surface area contributed by atoms with E-state index in [0.717, 1.165) is 16.7 Å². The standard InChI is InChI=1S/C22H26FN3O3/c1-12(2)22(29)26(4)20-10-24-19(17-9-25-21(28)18(17)11-27)8-16(20)15-6-5-14(23)7-13(15)3/h5-8,10,12,17-18,27H,9,11H2,1-4H3,(H,25,28). The molecule has 1 fully saturated rings. The zero-order valence-electron chi connectivity index (χ0n) is 17.1. The number of rotatable bonds is 5. The fraction of sp³-hybridized carbons (Fsp3) is 0.409. The number of aliphatic hydroxyl groups is 1. The lowest BCUT2D eigenvalue weighted by molar-refractivity contribution is -0.123. The first-order valence-electron chi connectivity index (χ1n) is 9.67. The van der Waals surface area contributed by atoms with Gasteiger partial charge in [0.05, 0.1) is 24.4 Å². The van der Waals surface area contributed by atoms with Crippen LogP contribution in [0.1, 0.15) is 31.0 Å². The molecule has 3 rings (SSSR count). The van der Waals surface area contributed by atoms with Gasteiger partial charge in [-0.15, -0.1) is 0 Å². The predicted octanol–water partition coefficient (Wildman–Crippen LogP) is 2.64. The molecule has 2 N–H and O–H groups in total. The highest BCUT2D eigenvalue weighted by Crippen LogP contribution is 2.37. The molecule has 0 saturated carbocycles. The van der Waals surface area contributed by atoms with Gasteiger partial charge in [0.25, 0.3) is 0 Å². The fourth-order valence-corrected chi connectivity index (χ4v) is 3.77. The Morgan fingerprint density at radius 1 is 1.34 bits per heavy atom. The number of aromatic nitrogens is 1. The Morgan fingerprint density at radius 2 is 2.07 bits per heavy atom. The summed E-state index contributed by atoms with van der Waals surface area (Å²) in [5.74, 6) is -1.63. The van der Waals surface area contributed by atoms with Crippen LogP contribution in [0, 0.1) is 24.6 Å². The summed E-state index contributed by atoms with van der Waals surface area (Å²) in [6.45, 7) is 5.58. The molecule has 1 saturated heterocycles. The van der Waals surface area contributed by atoms with Gasteiger partial charge < -0.3 is 15.3 Å². The second-order valence-electron chi connectivity index (χ2n) is 7.78. The van der Waals surface area contributed by atoms with Crippen LogP contribution in [0.3, 0.4) is 0 Å². The van der Waals surface area contributed by atoms with Crippen molar-refractivity contribution >= 4 is 17.5 Å². The SMILES string of the molecule is Cc1cc(F)ccc1-c1cc(C2CNC(=O)C2CO)ncc1N(C)C(=O)C(C)C. The van der Waals surface area contributed by atoms with Crippen LogP contribution >= 0.6 is 0 Å². The van der Waals surface area contributed by atoms with Gasteiger partial charge in [-0.05, 0) is 36.2 Å². The molecule has 1 aliphatic rings. The van der Waals surface area contributed by atoms with Crippen molar-refractivity contribution in [1.29, 1.82) is 0 Å². The molecule has 1 aromatic carbocycles. The number of nitrogens with zero attached hydrogens (tertiary/aromatic N) is 2. The summed E-state index contributed by atoms with van der Waals surface area (Å²) in [7, 11) is 1.69. The van der Waals surface area contributed by atoms with Gasteiger partial charge in [0.15, 0.2) is 0 Å². The average molecular weight is 399 g/mol. The van der Waals surface area contributed by atoms with Gasteiger partial charge in [-0.2, -0.15) is 0 Å². The third kappa shape index (κ3) is 4.00. The van der Waals surface area contributed by atoms with Crippen LogP contribution in [-0.2, 0) is 9.59 Å². The number of amides is 2. The average Bonchev–Trinajstić information content (AvgIpc) is 3.06. The molecule has 2 unspecified atom stereocenters. The molecule has 2 atom stereocenters. The molecule has 1 aliphatic heterocycles. The van der Waals surface area contributed by atoms with E-state index in [1.54, 1.807) is 24.2 Å². The topological polar surface area (TPSA) is 82.5 Å². The van der Waals surface area contributed by atoms with Crippen molar-refractivity contribution in [2.24, 2.45) is 11.8 Å². The third-order valence-electron chi connectivity index (χ3n) is 5.46. The van der Waals surface area contributed by atoms with E-state index in [1.165, 1.54) is 12.1 Å². The van der Waals surface area contributed by atoms with Crippen molar-refractivity contribution in [2.45, 2.75) is 26.7 Å². The second kappa shape index (κ2) is 8.29. The summed E-state index contributed by atoms with van der Waals surface area (Å²) >= 11 is 0. The van der Waals surface area contributed by atoms with Crippen LogP contribution in [0.25, 0.3) is 11.1 Å². The molecule has 1 aromatic heterocycles. The number of anilines is 1. The van der Waals surface area contributed by atoms with E-state index in [0.29, 0.717) is 17.9 Å². The molecular weight excluding hydrogens is 373 g/mol. The van der Waals surface area contributed by atoms with E-state index in [2.05, 4.69) is 10.3 Å². The molecule has 0 aliphatic carbocycles. The zero-order valence-corrected chi connectivity index (χ0v) is 17.1. The summed E-state index contributed by atoms with van der Waals surface area (Å²) in [6.07, 6.45) is 1.62. The van der Waals surface area contributed by atoms with Gasteiger partial charge in [0.1, 0.15) is 5.82 Å². The molecule has 0 spiro atoms. The van der Waals surface area contributed by atoms with Gasteiger partial charge in [-0.3, -0.25) is 14.6 Å². The lowest BCUT2D eigenvalue weighted by Gasteiger charge is -2.24. The number of aryl methyl sites for hydroxylation is 1. The highest BCUT2D eigenvalue weighted by Gasteiger charge is 2.36. The Kier molecular flexibility index (Phi) is 5.98. The maximum absolute atomic E-state index is 13.7. The largest absolute Gasteiger partial charge is 0.396 e. The van der Waals surface area contributed by atoms with Crippen molar-refractivity contribution in [3.05, 3.63) is 47.5 Å². The monoisotopic (exact) mass is 399 g/mol. The Morgan fingerprint density at radius 3 is 2.69 bits per heavy atom. The number of carbonyl (C=O) groups is 2. The zero-order chi connectivity index (χ0) is 21.3. The van der Waals surface area contributed by atoms with Crippen molar-refractivity contribution < 1.29 is 19.1 Å². The minimum atomic E-state index is -0.564. The number of hydrogen-bond donors (Lipinski definition) is 2. The first kappa shape index (κ1) is 20.9. The maximum atomic E-state index is 13.7. The van der Waals surface area contributed by atoms with Crippen LogP contribution in [-0.4, -0.2) is 42.1 Å². The van der Waals surface area contributed by atoms with Crippen molar-refractivity contribution in [3.63, 3.8) is 0 Å². The van der Waals surface area contributed by atoms with Gasteiger partial charge in [-0.25, -0.2) is 4.39 Å². The number of hydrogen-bond acceptors (Lipinski definition) is 4. The minimum absolute atomic E-state index is 0.0634. The molecule has 2 amide bonds. The Balaban J connectivity index is 2.15. The number of halogens is 1. The van der Waals surface area contributed by atoms with Crippen LogP contribution in [0.5, 0.6) is 0 Å². The minimum Gasteiger partial charge on any atom is -0.396 e. The fourth-order valence-electron chi connectivity index (χ4n) is 3.77. The third-order valence-corrected chi connectivity index (χ3v) is 5.46. The van der Waals surface area contributed by atoms with E-state index in [1.807, 2.05) is 26.8 Å². The van der Waals surface area contributed by atoms with E-state index in [-0.39, 0.29) is 36.1 Å². The Bertz CT molecular complexity index is 945. The number of nitrogens with one attached hydrogen (secondary N) is 1. The molecule has 7 heteroatoms. The van der Waals surface area contributed by atoms with Crippen LogP contribution in [0.4, 0.5) is 10.1 Å². The first-order chi connectivity index (χ1) is 13.7. The number of pyridine rings is 1. The van der Waals surface area contributed by atoms with Gasteiger partial charge in [0.2, 0.25) is 11.8 Å². The quantitative estimate of drug-likeness (QED) is 0.810. The van der Waals surface area contributed by atoms with Crippen LogP contribution in [0.15, 0.2) is 30.5 Å². The molecule has 29 heavy (non-hydrogen) atoms. The highest BCUT2D eigenvalue weighted by atomic mass is 19.1. The highest BCUT2D eigenvalue weighted by molar-refractivity contribution is 5.98. The van der Waals surface area contributed by atoms with Gasteiger partial charge in [0, 0.05) is 36.7 Å². The lowest BCUT2D eigenvalue weighted by Crippen LogP contribution is -2.31. The number of carbonyl (C=O) groups excluding carboxylic acids is 2. The number of aliphatic hydroxyl groups excluding tert-OH is 1. The van der Waals surface area contributed by atoms with Crippen LogP contribution in [0.2, 0.25) is 0 Å². The van der Waals surface area contributed by atoms with Crippen molar-refractivity contribution in [1.82, 2.24) is 10.3 Å². The van der Waals surface area contributed by atoms with Gasteiger partial charge in [-0.1, -0.05) is 19.9 Å². The van der Waals surface area contributed by atoms with E-state index < -0.39 is 5.92 Å². The molecule has 2 heterocycles. The van der Waals surface area contributed by atoms with Crippen molar-refractivity contribution in [2.75, 3.05) is 25.1 Å². The predicted molar refractivity (Wildman–Crippen MR) is 109 cm³/mol. The Hall–Kier alpha value is -2.80. The van der Waals surface area contributed by atoms with E-state index in [9.17, 15) is 19.1 Å². The Labute approximate surface area is 169 Å². The molecule has 0 radical (unpaired) electrons. The summed E-state index contributed by atoms with van der Waals surface area (Å²) < 4.78 is 13.7. The second-order valence-corrected chi connectivity index (χ2v) is 7.78. The smallest absolute Gasteiger partial charge is 0.229 e. The molecule has 2 aromatic rings. The summed E-state index contributed by atoms with van der Waals surface area (Å²) in [5, 5.41) is 12.4. The molecule has 6 nitrogen and oxygen atoms in total. The van der Waals surface area contributed by atoms with Crippen molar-refractivity contribution in [3.8, 4) is 11.1 Å². The number of benzene rings is 1. The summed E-state index contributed by atoms with van der Waals surface area (Å²) in [6, 6.07) is 6.35. The maximum Gasteiger partial charge on any atom is 0.229 e. The molecular formula is C22H26FN3O3. The first-order valence-corrected chi connectivity index (χ1v) is 9.67. The lowest BCUT2D eigenvalue weighted by atomic mass is 9.90. The summed E-state index contributed by atoms with van der Waals surface area (Å²) in [5.41, 5.74) is 3.51. The van der Waals surface area contributed by atoms with E-state index >= 15 is 0 Å². The molecule has 0 bridgehead atoms. The van der Waals surface area contributed by atoms with Gasteiger partial charge >= 0.3 is 0 Å². The summed E-state index contributed by atoms with van der Waals surface area (Å²) in [4.78, 5) is 30.7. The van der Waals surface area contributed by atoms with E-state index in [4.69, 9.17) is 0 Å². The normalized spacial score (nSPS) is 18.8. The van der Waals surface area contributed by atoms with Crippen LogP contribution < -0.4 is 10.2 Å². The molecule has 154 valence electrons.